The topological polar surface area (TPSA) is 135 Å². The van der Waals surface area contributed by atoms with Crippen LogP contribution in [0, 0.1) is 13.8 Å². The second-order valence-electron chi connectivity index (χ2n) is 8.29. The molecule has 2 aromatic heterocycles. The Hall–Kier alpha value is -3.05. The number of pyridine rings is 1. The average Bonchev–Trinajstić information content (AvgIpc) is 3.22. The molecule has 10 nitrogen and oxygen atoms in total. The molecule has 0 radical (unpaired) electrons. The van der Waals surface area contributed by atoms with Crippen molar-refractivity contribution in [1.29, 1.82) is 0 Å². The Kier molecular flexibility index (Phi) is 10.4. The highest BCUT2D eigenvalue weighted by Gasteiger charge is 2.49. The van der Waals surface area contributed by atoms with Crippen molar-refractivity contribution in [2.75, 3.05) is 24.6 Å². The normalized spacial score (nSPS) is 18.4. The number of hydrogen-bond donors (Lipinski definition) is 2. The Balaban J connectivity index is 0.000000301. The standard InChI is InChI=1S/C17H22N4O2S.2C2HF3O2/c1-12-4-3-5-14(18-12)9-22-15-6-7-23-17(8-15)10-21(11-17)16-20-19-13(2)24-16;2*3-2(4,5)1(6)7/h3-5,15H,6-11H2,1-2H3;2*(H,6,7). The number of anilines is 1. The summed E-state index contributed by atoms with van der Waals surface area (Å²) in [5, 5.41) is 24.6. The highest BCUT2D eigenvalue weighted by Crippen LogP contribution is 2.38. The summed E-state index contributed by atoms with van der Waals surface area (Å²) < 4.78 is 75.7. The average molecular weight is 575 g/mol. The van der Waals surface area contributed by atoms with Gasteiger partial charge in [-0.2, -0.15) is 26.3 Å². The van der Waals surface area contributed by atoms with Crippen LogP contribution < -0.4 is 4.90 Å². The van der Waals surface area contributed by atoms with E-state index in [4.69, 9.17) is 29.3 Å². The molecule has 4 heterocycles. The fraction of sp³-hybridized carbons (Fsp3) is 0.571. The van der Waals surface area contributed by atoms with Gasteiger partial charge in [0, 0.05) is 18.7 Å². The van der Waals surface area contributed by atoms with E-state index in [1.807, 2.05) is 32.0 Å². The molecule has 2 fully saturated rings. The molecule has 38 heavy (non-hydrogen) atoms. The first kappa shape index (κ1) is 31.2. The summed E-state index contributed by atoms with van der Waals surface area (Å²) in [7, 11) is 0. The molecule has 2 aromatic rings. The quantitative estimate of drug-likeness (QED) is 0.520. The summed E-state index contributed by atoms with van der Waals surface area (Å²) in [5.41, 5.74) is 1.94. The summed E-state index contributed by atoms with van der Waals surface area (Å²) in [5.74, 6) is -5.51. The van der Waals surface area contributed by atoms with E-state index >= 15 is 0 Å². The number of aryl methyl sites for hydroxylation is 2. The molecule has 1 spiro atoms. The molecular weight excluding hydrogens is 550 g/mol. The minimum absolute atomic E-state index is 0.0808. The van der Waals surface area contributed by atoms with Crippen molar-refractivity contribution in [2.45, 2.75) is 57.4 Å². The van der Waals surface area contributed by atoms with Crippen molar-refractivity contribution in [3.63, 3.8) is 0 Å². The van der Waals surface area contributed by atoms with Crippen molar-refractivity contribution in [3.05, 3.63) is 34.6 Å². The van der Waals surface area contributed by atoms with Gasteiger partial charge in [0.1, 0.15) is 10.6 Å². The fourth-order valence-corrected chi connectivity index (χ4v) is 4.11. The minimum atomic E-state index is -5.08. The first-order valence-corrected chi connectivity index (χ1v) is 11.7. The highest BCUT2D eigenvalue weighted by molar-refractivity contribution is 7.15. The van der Waals surface area contributed by atoms with Gasteiger partial charge in [-0.05, 0) is 32.4 Å². The molecule has 1 atom stereocenters. The molecule has 17 heteroatoms. The van der Waals surface area contributed by atoms with Crippen LogP contribution in [0.3, 0.4) is 0 Å². The van der Waals surface area contributed by atoms with Crippen LogP contribution in [-0.2, 0) is 25.7 Å². The van der Waals surface area contributed by atoms with Crippen molar-refractivity contribution in [3.8, 4) is 0 Å². The van der Waals surface area contributed by atoms with Crippen molar-refractivity contribution >= 4 is 28.4 Å². The lowest BCUT2D eigenvalue weighted by Gasteiger charge is -2.52. The Labute approximate surface area is 216 Å². The Bertz CT molecular complexity index is 1070. The Morgan fingerprint density at radius 1 is 1.11 bits per heavy atom. The fourth-order valence-electron chi connectivity index (χ4n) is 3.43. The molecule has 2 aliphatic rings. The number of carbonyl (C=O) groups is 2. The number of hydrogen-bond acceptors (Lipinski definition) is 9. The number of ether oxygens (including phenoxy) is 2. The summed E-state index contributed by atoms with van der Waals surface area (Å²) in [4.78, 5) is 24.5. The lowest BCUT2D eigenvalue weighted by molar-refractivity contribution is -0.193. The molecule has 212 valence electrons. The summed E-state index contributed by atoms with van der Waals surface area (Å²) >= 11 is 1.64. The van der Waals surface area contributed by atoms with E-state index in [9.17, 15) is 26.3 Å². The minimum Gasteiger partial charge on any atom is -0.475 e. The third-order valence-electron chi connectivity index (χ3n) is 5.09. The molecule has 0 aromatic carbocycles. The van der Waals surface area contributed by atoms with E-state index in [0.717, 1.165) is 54.1 Å². The van der Waals surface area contributed by atoms with Gasteiger partial charge in [-0.15, -0.1) is 10.2 Å². The highest BCUT2D eigenvalue weighted by atomic mass is 32.1. The van der Waals surface area contributed by atoms with E-state index in [1.54, 1.807) is 11.3 Å². The second-order valence-corrected chi connectivity index (χ2v) is 9.45. The van der Waals surface area contributed by atoms with Gasteiger partial charge in [0.25, 0.3) is 0 Å². The number of alkyl halides is 6. The maximum Gasteiger partial charge on any atom is 0.490 e. The van der Waals surface area contributed by atoms with Crippen LogP contribution in [0.25, 0.3) is 0 Å². The van der Waals surface area contributed by atoms with Gasteiger partial charge in [0.05, 0.1) is 31.5 Å². The molecule has 0 amide bonds. The molecule has 4 rings (SSSR count). The summed E-state index contributed by atoms with van der Waals surface area (Å²) in [6, 6.07) is 6.05. The lowest BCUT2D eigenvalue weighted by Crippen LogP contribution is -2.66. The zero-order valence-corrected chi connectivity index (χ0v) is 20.9. The van der Waals surface area contributed by atoms with Gasteiger partial charge >= 0.3 is 24.3 Å². The number of rotatable bonds is 4. The van der Waals surface area contributed by atoms with Crippen LogP contribution in [0.2, 0.25) is 0 Å². The smallest absolute Gasteiger partial charge is 0.475 e. The third kappa shape index (κ3) is 9.68. The van der Waals surface area contributed by atoms with Crippen molar-refractivity contribution in [2.24, 2.45) is 0 Å². The van der Waals surface area contributed by atoms with Crippen LogP contribution in [0.15, 0.2) is 18.2 Å². The number of aromatic nitrogens is 3. The molecule has 0 aliphatic carbocycles. The molecule has 0 bridgehead atoms. The van der Waals surface area contributed by atoms with Gasteiger partial charge in [0.15, 0.2) is 0 Å². The molecule has 1 unspecified atom stereocenters. The SMILES string of the molecule is Cc1cccc(COC2CCOC3(C2)CN(c2nnc(C)s2)C3)n1.O=C(O)C(F)(F)F.O=C(O)C(F)(F)F. The zero-order chi connectivity index (χ0) is 28.7. The number of nitrogens with zero attached hydrogens (tertiary/aromatic N) is 4. The number of aliphatic carboxylic acids is 2. The molecule has 2 aliphatic heterocycles. The summed E-state index contributed by atoms with van der Waals surface area (Å²) in [6.07, 6.45) is -8.04. The van der Waals surface area contributed by atoms with Gasteiger partial charge in [0.2, 0.25) is 5.13 Å². The molecule has 0 saturated carbocycles. The second kappa shape index (κ2) is 12.7. The maximum atomic E-state index is 10.6. The van der Waals surface area contributed by atoms with E-state index < -0.39 is 24.3 Å². The Morgan fingerprint density at radius 3 is 2.16 bits per heavy atom. The van der Waals surface area contributed by atoms with E-state index in [2.05, 4.69) is 20.1 Å². The van der Waals surface area contributed by atoms with Crippen LogP contribution in [0.5, 0.6) is 0 Å². The van der Waals surface area contributed by atoms with E-state index in [1.165, 1.54) is 0 Å². The van der Waals surface area contributed by atoms with Crippen molar-refractivity contribution in [1.82, 2.24) is 15.2 Å². The van der Waals surface area contributed by atoms with E-state index in [0.29, 0.717) is 6.61 Å². The molecule has 2 saturated heterocycles. The first-order valence-electron chi connectivity index (χ1n) is 10.8. The predicted molar refractivity (Wildman–Crippen MR) is 120 cm³/mol. The van der Waals surface area contributed by atoms with Gasteiger partial charge in [-0.1, -0.05) is 17.4 Å². The number of carboxylic acids is 2. The zero-order valence-electron chi connectivity index (χ0n) is 20.0. The summed E-state index contributed by atoms with van der Waals surface area (Å²) in [6.45, 7) is 7.08. The van der Waals surface area contributed by atoms with Crippen LogP contribution in [0.1, 0.15) is 29.2 Å². The Morgan fingerprint density at radius 2 is 1.68 bits per heavy atom. The van der Waals surface area contributed by atoms with E-state index in [-0.39, 0.29) is 11.7 Å². The predicted octanol–water partition coefficient (Wildman–Crippen LogP) is 3.77. The van der Waals surface area contributed by atoms with Gasteiger partial charge in [-0.3, -0.25) is 4.98 Å². The van der Waals surface area contributed by atoms with Gasteiger partial charge in [-0.25, -0.2) is 9.59 Å². The lowest BCUT2D eigenvalue weighted by atomic mass is 9.85. The van der Waals surface area contributed by atoms with Crippen molar-refractivity contribution < 1.29 is 55.6 Å². The van der Waals surface area contributed by atoms with Crippen LogP contribution in [0.4, 0.5) is 31.5 Å². The number of halogens is 6. The van der Waals surface area contributed by atoms with Crippen LogP contribution >= 0.6 is 11.3 Å². The van der Waals surface area contributed by atoms with Crippen LogP contribution in [-0.4, -0.2) is 81.1 Å². The largest absolute Gasteiger partial charge is 0.490 e. The third-order valence-corrected chi connectivity index (χ3v) is 5.99. The number of carboxylic acid groups (broad SMARTS) is 2. The monoisotopic (exact) mass is 574 g/mol. The first-order chi connectivity index (χ1) is 17.5. The molecule has 2 N–H and O–H groups in total. The maximum absolute atomic E-state index is 10.6. The molecular formula is C21H24F6N4O6S. The van der Waals surface area contributed by atoms with Gasteiger partial charge < -0.3 is 24.6 Å².